The molecule has 0 spiro atoms. The Bertz CT molecular complexity index is 240. The third kappa shape index (κ3) is 2.91. The second kappa shape index (κ2) is 4.43. The van der Waals surface area contributed by atoms with E-state index in [-0.39, 0.29) is 0 Å². The maximum absolute atomic E-state index is 3.71. The number of rotatable bonds is 3. The molecule has 68 valence electrons. The Hall–Kier alpha value is 0.180. The van der Waals surface area contributed by atoms with Gasteiger partial charge in [0.15, 0.2) is 0 Å². The Labute approximate surface area is 87.1 Å². The first-order valence-electron chi connectivity index (χ1n) is 4.30. The average Bonchev–Trinajstić information content (AvgIpc) is 2.34. The van der Waals surface area contributed by atoms with Gasteiger partial charge in [-0.15, -0.1) is 11.3 Å². The number of halogens is 1. The first kappa shape index (κ1) is 10.3. The lowest BCUT2D eigenvalue weighted by molar-refractivity contribution is 0.587. The normalized spacial score (nSPS) is 13.8. The van der Waals surface area contributed by atoms with Crippen molar-refractivity contribution < 1.29 is 0 Å². The average molecular weight is 247 g/mol. The molecule has 0 aliphatic carbocycles. The van der Waals surface area contributed by atoms with Crippen molar-refractivity contribution in [3.63, 3.8) is 0 Å². The zero-order chi connectivity index (χ0) is 9.14. The van der Waals surface area contributed by atoms with Crippen molar-refractivity contribution in [2.45, 2.75) is 32.0 Å². The summed E-state index contributed by atoms with van der Waals surface area (Å²) in [5.74, 6) is 0.761. The van der Waals surface area contributed by atoms with Crippen LogP contribution in [0.2, 0.25) is 0 Å². The monoisotopic (exact) mass is 246 g/mol. The van der Waals surface area contributed by atoms with Crippen LogP contribution in [0.4, 0.5) is 0 Å². The van der Waals surface area contributed by atoms with Crippen LogP contribution >= 0.6 is 27.3 Å². The van der Waals surface area contributed by atoms with Crippen LogP contribution in [0.15, 0.2) is 12.1 Å². The van der Waals surface area contributed by atoms with E-state index in [9.17, 15) is 0 Å². The fraction of sp³-hybridized carbons (Fsp3) is 0.600. The molecule has 2 heteroatoms. The van der Waals surface area contributed by atoms with E-state index in [1.54, 1.807) is 0 Å². The van der Waals surface area contributed by atoms with Crippen LogP contribution in [0.25, 0.3) is 0 Å². The Morgan fingerprint density at radius 2 is 2.08 bits per heavy atom. The summed E-state index contributed by atoms with van der Waals surface area (Å²) >= 11 is 5.60. The second-order valence-electron chi connectivity index (χ2n) is 3.55. The third-order valence-electron chi connectivity index (χ3n) is 1.75. The van der Waals surface area contributed by atoms with Crippen LogP contribution in [0.1, 0.15) is 34.8 Å². The fourth-order valence-corrected chi connectivity index (χ4v) is 3.20. The number of aryl methyl sites for hydroxylation is 1. The molecular weight excluding hydrogens is 232 g/mol. The fourth-order valence-electron chi connectivity index (χ4n) is 1.15. The van der Waals surface area contributed by atoms with Gasteiger partial charge in [-0.3, -0.25) is 0 Å². The molecule has 0 N–H and O–H groups in total. The Kier molecular flexibility index (Phi) is 3.78. The quantitative estimate of drug-likeness (QED) is 0.688. The highest BCUT2D eigenvalue weighted by Crippen LogP contribution is 2.33. The summed E-state index contributed by atoms with van der Waals surface area (Å²) in [7, 11) is 0. The van der Waals surface area contributed by atoms with Gasteiger partial charge >= 0.3 is 0 Å². The van der Waals surface area contributed by atoms with Gasteiger partial charge < -0.3 is 0 Å². The molecule has 0 saturated carbocycles. The minimum Gasteiger partial charge on any atom is -0.145 e. The molecule has 1 rings (SSSR count). The Balaban J connectivity index is 2.58. The van der Waals surface area contributed by atoms with Gasteiger partial charge in [0.25, 0.3) is 0 Å². The Morgan fingerprint density at radius 3 is 2.50 bits per heavy atom. The minimum absolute atomic E-state index is 0.552. The zero-order valence-electron chi connectivity index (χ0n) is 7.80. The van der Waals surface area contributed by atoms with E-state index in [0.717, 1.165) is 5.92 Å². The van der Waals surface area contributed by atoms with Crippen molar-refractivity contribution in [2.24, 2.45) is 5.92 Å². The van der Waals surface area contributed by atoms with Crippen LogP contribution in [0.5, 0.6) is 0 Å². The SMILES string of the molecule is Cc1ccc(C(Br)CC(C)C)s1. The molecule has 1 aromatic heterocycles. The van der Waals surface area contributed by atoms with Crippen LogP contribution in [-0.2, 0) is 0 Å². The highest BCUT2D eigenvalue weighted by atomic mass is 79.9. The van der Waals surface area contributed by atoms with Crippen LogP contribution in [-0.4, -0.2) is 0 Å². The van der Waals surface area contributed by atoms with E-state index in [1.807, 2.05) is 11.3 Å². The highest BCUT2D eigenvalue weighted by molar-refractivity contribution is 9.09. The lowest BCUT2D eigenvalue weighted by Gasteiger charge is -2.09. The number of hydrogen-bond acceptors (Lipinski definition) is 1. The maximum atomic E-state index is 3.71. The lowest BCUT2D eigenvalue weighted by Crippen LogP contribution is -1.92. The van der Waals surface area contributed by atoms with Gasteiger partial charge in [0, 0.05) is 14.6 Å². The molecule has 1 unspecified atom stereocenters. The van der Waals surface area contributed by atoms with Gasteiger partial charge in [0.1, 0.15) is 0 Å². The van der Waals surface area contributed by atoms with Crippen molar-refractivity contribution in [1.29, 1.82) is 0 Å². The topological polar surface area (TPSA) is 0 Å². The van der Waals surface area contributed by atoms with Gasteiger partial charge in [0.05, 0.1) is 0 Å². The minimum atomic E-state index is 0.552. The van der Waals surface area contributed by atoms with Gasteiger partial charge in [-0.05, 0) is 31.4 Å². The van der Waals surface area contributed by atoms with E-state index in [4.69, 9.17) is 0 Å². The molecule has 0 nitrogen and oxygen atoms in total. The molecule has 1 atom stereocenters. The van der Waals surface area contributed by atoms with Crippen molar-refractivity contribution >= 4 is 27.3 Å². The summed E-state index contributed by atoms with van der Waals surface area (Å²) in [5, 5.41) is 0. The van der Waals surface area contributed by atoms with Crippen LogP contribution in [0, 0.1) is 12.8 Å². The van der Waals surface area contributed by atoms with Gasteiger partial charge in [0.2, 0.25) is 0 Å². The molecule has 0 aliphatic heterocycles. The molecule has 0 fully saturated rings. The van der Waals surface area contributed by atoms with E-state index < -0.39 is 0 Å². The molecule has 0 aromatic carbocycles. The standard InChI is InChI=1S/C10H15BrS/c1-7(2)6-9(11)10-5-4-8(3)12-10/h4-5,7,9H,6H2,1-3H3. The van der Waals surface area contributed by atoms with Crippen molar-refractivity contribution in [1.82, 2.24) is 0 Å². The van der Waals surface area contributed by atoms with Crippen molar-refractivity contribution in [3.8, 4) is 0 Å². The van der Waals surface area contributed by atoms with Gasteiger partial charge in [-0.25, -0.2) is 0 Å². The van der Waals surface area contributed by atoms with Crippen molar-refractivity contribution in [3.05, 3.63) is 21.9 Å². The molecule has 1 heterocycles. The second-order valence-corrected chi connectivity index (χ2v) is 5.97. The van der Waals surface area contributed by atoms with E-state index in [2.05, 4.69) is 48.8 Å². The first-order chi connectivity index (χ1) is 5.59. The number of thiophene rings is 1. The molecule has 0 amide bonds. The van der Waals surface area contributed by atoms with E-state index in [1.165, 1.54) is 16.2 Å². The summed E-state index contributed by atoms with van der Waals surface area (Å²) in [5.41, 5.74) is 0. The van der Waals surface area contributed by atoms with Crippen LogP contribution in [0.3, 0.4) is 0 Å². The highest BCUT2D eigenvalue weighted by Gasteiger charge is 2.10. The smallest absolute Gasteiger partial charge is 0.0491 e. The summed E-state index contributed by atoms with van der Waals surface area (Å²) in [6.07, 6.45) is 1.22. The molecule has 0 saturated heterocycles. The molecule has 0 aliphatic rings. The lowest BCUT2D eigenvalue weighted by atomic mass is 10.1. The first-order valence-corrected chi connectivity index (χ1v) is 6.03. The summed E-state index contributed by atoms with van der Waals surface area (Å²) in [4.78, 5) is 3.41. The van der Waals surface area contributed by atoms with Gasteiger partial charge in [-0.2, -0.15) is 0 Å². The molecule has 0 radical (unpaired) electrons. The predicted octanol–water partition coefficient (Wildman–Crippen LogP) is 4.54. The predicted molar refractivity (Wildman–Crippen MR) is 60.2 cm³/mol. The molecule has 1 aromatic rings. The number of alkyl halides is 1. The summed E-state index contributed by atoms with van der Waals surface area (Å²) in [6, 6.07) is 4.41. The van der Waals surface area contributed by atoms with Crippen LogP contribution < -0.4 is 0 Å². The summed E-state index contributed by atoms with van der Waals surface area (Å²) < 4.78 is 0. The van der Waals surface area contributed by atoms with E-state index in [0.29, 0.717) is 4.83 Å². The molecule has 0 bridgehead atoms. The van der Waals surface area contributed by atoms with Crippen molar-refractivity contribution in [2.75, 3.05) is 0 Å². The number of hydrogen-bond donors (Lipinski definition) is 0. The van der Waals surface area contributed by atoms with Gasteiger partial charge in [-0.1, -0.05) is 29.8 Å². The third-order valence-corrected chi connectivity index (χ3v) is 4.03. The Morgan fingerprint density at radius 1 is 1.42 bits per heavy atom. The molecule has 12 heavy (non-hydrogen) atoms. The summed E-state index contributed by atoms with van der Waals surface area (Å²) in [6.45, 7) is 6.67. The van der Waals surface area contributed by atoms with E-state index >= 15 is 0 Å². The molecular formula is C10H15BrS. The zero-order valence-corrected chi connectivity index (χ0v) is 10.2. The largest absolute Gasteiger partial charge is 0.145 e. The maximum Gasteiger partial charge on any atom is 0.0491 e.